The highest BCUT2D eigenvalue weighted by Crippen LogP contribution is 2.40. The number of likely N-dealkylation sites (N-methyl/N-ethyl adjacent to an activating group) is 1. The number of aromatic nitrogens is 2. The third-order valence-electron chi connectivity index (χ3n) is 7.53. The molecule has 38 heavy (non-hydrogen) atoms. The monoisotopic (exact) mass is 507 g/mol. The second-order valence-electron chi connectivity index (χ2n) is 9.78. The number of likely N-dealkylation sites (tertiary alicyclic amines) is 1. The Morgan fingerprint density at radius 3 is 2.42 bits per heavy atom. The van der Waals surface area contributed by atoms with E-state index >= 15 is 0 Å². The lowest BCUT2D eigenvalue weighted by atomic mass is 9.96. The molecular weight excluding hydrogens is 474 g/mol. The number of nitrogens with zero attached hydrogens (tertiary/aromatic N) is 5. The molecule has 7 nitrogen and oxygen atoms in total. The van der Waals surface area contributed by atoms with Gasteiger partial charge >= 0.3 is 0 Å². The van der Waals surface area contributed by atoms with E-state index in [1.165, 1.54) is 38.9 Å². The van der Waals surface area contributed by atoms with Crippen molar-refractivity contribution in [3.63, 3.8) is 0 Å². The van der Waals surface area contributed by atoms with Crippen molar-refractivity contribution in [2.45, 2.75) is 32.6 Å². The quantitative estimate of drug-likeness (QED) is 0.362. The van der Waals surface area contributed by atoms with Gasteiger partial charge in [-0.25, -0.2) is 4.98 Å². The number of anilines is 1. The zero-order valence-electron chi connectivity index (χ0n) is 22.3. The summed E-state index contributed by atoms with van der Waals surface area (Å²) in [6.07, 6.45) is 8.24. The van der Waals surface area contributed by atoms with Crippen LogP contribution in [0.25, 0.3) is 27.9 Å². The van der Waals surface area contributed by atoms with E-state index in [0.29, 0.717) is 17.7 Å². The Bertz CT molecular complexity index is 1490. The van der Waals surface area contributed by atoms with Crippen molar-refractivity contribution in [3.8, 4) is 34.2 Å². The number of pyridine rings is 1. The minimum atomic E-state index is 0.0944. The van der Waals surface area contributed by atoms with Gasteiger partial charge in [-0.2, -0.15) is 5.26 Å². The van der Waals surface area contributed by atoms with Crippen molar-refractivity contribution in [2.24, 2.45) is 0 Å². The van der Waals surface area contributed by atoms with Crippen molar-refractivity contribution in [2.75, 3.05) is 38.7 Å². The fourth-order valence-corrected chi connectivity index (χ4v) is 5.35. The summed E-state index contributed by atoms with van der Waals surface area (Å²) in [5.74, 6) is 0.809. The second kappa shape index (κ2) is 11.1. The molecule has 4 aromatic rings. The number of hydrogen-bond acceptors (Lipinski definition) is 5. The smallest absolute Gasteiger partial charge is 0.231 e. The number of fused-ring (bicyclic) bond motifs is 2. The van der Waals surface area contributed by atoms with Crippen LogP contribution in [0.5, 0.6) is 5.75 Å². The summed E-state index contributed by atoms with van der Waals surface area (Å²) in [4.78, 5) is 20.7. The van der Waals surface area contributed by atoms with Gasteiger partial charge in [0.1, 0.15) is 11.3 Å². The summed E-state index contributed by atoms with van der Waals surface area (Å²) in [6.45, 7) is 6.18. The van der Waals surface area contributed by atoms with Crippen molar-refractivity contribution in [1.29, 1.82) is 5.26 Å². The lowest BCUT2D eigenvalue weighted by Gasteiger charge is -2.24. The van der Waals surface area contributed by atoms with E-state index in [-0.39, 0.29) is 5.91 Å². The summed E-state index contributed by atoms with van der Waals surface area (Å²) < 4.78 is 7.63. The van der Waals surface area contributed by atoms with Gasteiger partial charge < -0.3 is 14.5 Å². The third kappa shape index (κ3) is 4.88. The SMILES string of the molecule is CCN1CCCCC1.COc1cc(-c2ccc(C#N)cc2)c(-c2ccc3c(c2)CC(=O)N3C)n2cncc12. The number of hydrogen-bond donors (Lipinski definition) is 0. The van der Waals surface area contributed by atoms with Crippen molar-refractivity contribution >= 4 is 17.1 Å². The normalized spacial score (nSPS) is 15.1. The molecule has 4 heterocycles. The minimum Gasteiger partial charge on any atom is -0.494 e. The van der Waals surface area contributed by atoms with Gasteiger partial charge in [0.05, 0.1) is 43.4 Å². The van der Waals surface area contributed by atoms with Crippen LogP contribution in [0.4, 0.5) is 5.69 Å². The topological polar surface area (TPSA) is 73.9 Å². The van der Waals surface area contributed by atoms with Gasteiger partial charge in [-0.05, 0) is 79.5 Å². The van der Waals surface area contributed by atoms with E-state index in [0.717, 1.165) is 39.2 Å². The maximum absolute atomic E-state index is 12.2. The predicted octanol–water partition coefficient (Wildman–Crippen LogP) is 5.56. The van der Waals surface area contributed by atoms with Gasteiger partial charge in [-0.1, -0.05) is 31.5 Å². The van der Waals surface area contributed by atoms with Crippen LogP contribution >= 0.6 is 0 Å². The molecule has 0 unspecified atom stereocenters. The zero-order chi connectivity index (χ0) is 26.6. The molecule has 1 saturated heterocycles. The number of amides is 1. The number of piperidine rings is 1. The van der Waals surface area contributed by atoms with Crippen LogP contribution in [0.2, 0.25) is 0 Å². The Labute approximate surface area is 223 Å². The lowest BCUT2D eigenvalue weighted by Crippen LogP contribution is -2.29. The molecule has 7 heteroatoms. The van der Waals surface area contributed by atoms with Gasteiger partial charge in [0.15, 0.2) is 0 Å². The molecule has 0 saturated carbocycles. The van der Waals surface area contributed by atoms with Gasteiger partial charge in [-0.15, -0.1) is 0 Å². The van der Waals surface area contributed by atoms with Crippen LogP contribution in [0.1, 0.15) is 37.3 Å². The maximum Gasteiger partial charge on any atom is 0.231 e. The molecule has 0 atom stereocenters. The fraction of sp³-hybridized carbons (Fsp3) is 0.323. The molecular formula is C31H33N5O2. The molecule has 0 N–H and O–H groups in total. The van der Waals surface area contributed by atoms with Crippen LogP contribution in [0, 0.1) is 11.3 Å². The predicted molar refractivity (Wildman–Crippen MR) is 150 cm³/mol. The molecule has 0 bridgehead atoms. The standard InChI is InChI=1S/C24H18N4O2.C7H15N/c1-27-20-8-7-17(9-18(20)10-23(27)29)24-19(16-5-3-15(12-25)4-6-16)11-22(30-2)21-13-26-14-28(21)24;1-2-8-6-4-3-5-7-8/h3-9,11,13-14H,10H2,1-2H3;2-7H2,1H3. The number of carbonyl (C=O) groups excluding carboxylic acids is 1. The van der Waals surface area contributed by atoms with Crippen LogP contribution < -0.4 is 9.64 Å². The van der Waals surface area contributed by atoms with E-state index < -0.39 is 0 Å². The molecule has 2 aliphatic rings. The summed E-state index contributed by atoms with van der Waals surface area (Å²) in [7, 11) is 3.44. The van der Waals surface area contributed by atoms with Gasteiger partial charge in [-0.3, -0.25) is 9.20 Å². The fourth-order valence-electron chi connectivity index (χ4n) is 5.35. The first-order valence-electron chi connectivity index (χ1n) is 13.2. The number of carbonyl (C=O) groups is 1. The van der Waals surface area contributed by atoms with E-state index in [9.17, 15) is 4.79 Å². The highest BCUT2D eigenvalue weighted by Gasteiger charge is 2.25. The van der Waals surface area contributed by atoms with Gasteiger partial charge in [0.25, 0.3) is 0 Å². The summed E-state index contributed by atoms with van der Waals surface area (Å²) in [5, 5.41) is 9.15. The Balaban J connectivity index is 0.000000316. The molecule has 2 aromatic heterocycles. The van der Waals surface area contributed by atoms with E-state index in [1.807, 2.05) is 34.7 Å². The number of ether oxygens (including phenoxy) is 1. The van der Waals surface area contributed by atoms with Crippen LogP contribution in [0.3, 0.4) is 0 Å². The molecule has 194 valence electrons. The van der Waals surface area contributed by atoms with Gasteiger partial charge in [0, 0.05) is 18.3 Å². The van der Waals surface area contributed by atoms with Crippen LogP contribution in [-0.2, 0) is 11.2 Å². The summed E-state index contributed by atoms with van der Waals surface area (Å²) in [5.41, 5.74) is 7.29. The number of nitriles is 1. The van der Waals surface area contributed by atoms with Crippen molar-refractivity contribution in [3.05, 3.63) is 72.2 Å². The van der Waals surface area contributed by atoms with E-state index in [4.69, 9.17) is 10.00 Å². The third-order valence-corrected chi connectivity index (χ3v) is 7.53. The Hall–Kier alpha value is -4.15. The van der Waals surface area contributed by atoms with Crippen molar-refractivity contribution in [1.82, 2.24) is 14.3 Å². The number of rotatable bonds is 4. The molecule has 2 aromatic carbocycles. The molecule has 2 aliphatic heterocycles. The Morgan fingerprint density at radius 2 is 1.76 bits per heavy atom. The molecule has 1 amide bonds. The number of methoxy groups -OCH3 is 1. The number of benzene rings is 2. The minimum absolute atomic E-state index is 0.0944. The largest absolute Gasteiger partial charge is 0.494 e. The molecule has 0 aliphatic carbocycles. The molecule has 1 fully saturated rings. The second-order valence-corrected chi connectivity index (χ2v) is 9.78. The molecule has 0 radical (unpaired) electrons. The zero-order valence-corrected chi connectivity index (χ0v) is 22.3. The molecule has 0 spiro atoms. The van der Waals surface area contributed by atoms with Crippen molar-refractivity contribution < 1.29 is 9.53 Å². The van der Waals surface area contributed by atoms with E-state index in [2.05, 4.69) is 28.9 Å². The first-order valence-corrected chi connectivity index (χ1v) is 13.2. The Morgan fingerprint density at radius 1 is 1.03 bits per heavy atom. The Kier molecular flexibility index (Phi) is 7.43. The van der Waals surface area contributed by atoms with Crippen LogP contribution in [0.15, 0.2) is 61.1 Å². The first-order chi connectivity index (χ1) is 18.5. The first kappa shape index (κ1) is 25.5. The van der Waals surface area contributed by atoms with Gasteiger partial charge in [0.2, 0.25) is 5.91 Å². The average molecular weight is 508 g/mol. The van der Waals surface area contributed by atoms with E-state index in [1.54, 1.807) is 43.7 Å². The lowest BCUT2D eigenvalue weighted by molar-refractivity contribution is -0.117. The summed E-state index contributed by atoms with van der Waals surface area (Å²) in [6, 6.07) is 17.7. The summed E-state index contributed by atoms with van der Waals surface area (Å²) >= 11 is 0. The maximum atomic E-state index is 12.2. The highest BCUT2D eigenvalue weighted by molar-refractivity contribution is 6.01. The molecule has 6 rings (SSSR count). The highest BCUT2D eigenvalue weighted by atomic mass is 16.5. The average Bonchev–Trinajstić information content (AvgIpc) is 3.57. The van der Waals surface area contributed by atoms with Crippen LogP contribution in [-0.4, -0.2) is 54.0 Å². The number of imidazole rings is 1.